The molecule has 7 nitrogen and oxygen atoms in total. The summed E-state index contributed by atoms with van der Waals surface area (Å²) in [6, 6.07) is 6.74. The Bertz CT molecular complexity index is 625. The number of aromatic nitrogens is 3. The van der Waals surface area contributed by atoms with E-state index in [4.69, 9.17) is 16.7 Å². The van der Waals surface area contributed by atoms with Crippen LogP contribution in [0.15, 0.2) is 24.3 Å². The minimum Gasteiger partial charge on any atom is -0.392 e. The third kappa shape index (κ3) is 3.78. The van der Waals surface area contributed by atoms with E-state index in [1.54, 1.807) is 31.2 Å². The Morgan fingerprint density at radius 1 is 1.38 bits per heavy atom. The molecular weight excluding hydrogens is 296 g/mol. The maximum atomic E-state index is 12.0. The van der Waals surface area contributed by atoms with Crippen molar-refractivity contribution in [2.75, 3.05) is 6.54 Å². The Morgan fingerprint density at radius 2 is 2.05 bits per heavy atom. The monoisotopic (exact) mass is 310 g/mol. The van der Waals surface area contributed by atoms with Gasteiger partial charge in [-0.15, -0.1) is 10.2 Å². The zero-order valence-corrected chi connectivity index (χ0v) is 12.1. The summed E-state index contributed by atoms with van der Waals surface area (Å²) in [5.74, 6) is -0.500. The predicted molar refractivity (Wildman–Crippen MR) is 76.3 cm³/mol. The van der Waals surface area contributed by atoms with Crippen LogP contribution in [0, 0.1) is 0 Å². The molecule has 0 spiro atoms. The van der Waals surface area contributed by atoms with Gasteiger partial charge in [-0.05, 0) is 31.2 Å². The van der Waals surface area contributed by atoms with Gasteiger partial charge in [0.25, 0.3) is 5.91 Å². The van der Waals surface area contributed by atoms with Gasteiger partial charge in [0.1, 0.15) is 5.69 Å². The van der Waals surface area contributed by atoms with Gasteiger partial charge < -0.3 is 15.5 Å². The average Bonchev–Trinajstić information content (AvgIpc) is 2.89. The largest absolute Gasteiger partial charge is 0.392 e. The molecule has 0 unspecified atom stereocenters. The fraction of sp³-hybridized carbons (Fsp3) is 0.308. The summed E-state index contributed by atoms with van der Waals surface area (Å²) in [7, 11) is 0. The second-order valence-electron chi connectivity index (χ2n) is 4.48. The summed E-state index contributed by atoms with van der Waals surface area (Å²) in [6.07, 6.45) is -0.669. The van der Waals surface area contributed by atoms with Gasteiger partial charge in [0.05, 0.1) is 18.4 Å². The number of carbonyl (C=O) groups is 1. The third-order valence-electron chi connectivity index (χ3n) is 2.66. The predicted octanol–water partition coefficient (Wildman–Crippen LogP) is 0.524. The summed E-state index contributed by atoms with van der Waals surface area (Å²) in [5.41, 5.74) is 0.796. The van der Waals surface area contributed by atoms with Crippen molar-refractivity contribution in [2.45, 2.75) is 19.6 Å². The molecule has 0 bridgehead atoms. The Labute approximate surface area is 126 Å². The van der Waals surface area contributed by atoms with Crippen molar-refractivity contribution in [1.29, 1.82) is 0 Å². The fourth-order valence-corrected chi connectivity index (χ4v) is 1.76. The van der Waals surface area contributed by atoms with E-state index in [1.807, 2.05) is 0 Å². The van der Waals surface area contributed by atoms with Crippen molar-refractivity contribution in [2.24, 2.45) is 0 Å². The highest BCUT2D eigenvalue weighted by Crippen LogP contribution is 2.13. The highest BCUT2D eigenvalue weighted by atomic mass is 35.5. The normalized spacial score (nSPS) is 12.2. The Hall–Kier alpha value is -1.96. The number of hydrogen-bond donors (Lipinski definition) is 3. The molecule has 3 N–H and O–H groups in total. The van der Waals surface area contributed by atoms with Crippen molar-refractivity contribution in [1.82, 2.24) is 20.3 Å². The first kappa shape index (κ1) is 15.4. The Kier molecular flexibility index (Phi) is 4.89. The Morgan fingerprint density at radius 3 is 2.62 bits per heavy atom. The average molecular weight is 311 g/mol. The van der Waals surface area contributed by atoms with Crippen LogP contribution in [0.1, 0.15) is 23.1 Å². The summed E-state index contributed by atoms with van der Waals surface area (Å²) in [5, 5.41) is 29.7. The van der Waals surface area contributed by atoms with E-state index in [2.05, 4.69) is 15.5 Å². The van der Waals surface area contributed by atoms with Gasteiger partial charge in [-0.1, -0.05) is 11.6 Å². The fourth-order valence-electron chi connectivity index (χ4n) is 1.63. The lowest BCUT2D eigenvalue weighted by Crippen LogP contribution is -2.31. The highest BCUT2D eigenvalue weighted by Gasteiger charge is 2.18. The zero-order valence-electron chi connectivity index (χ0n) is 11.3. The third-order valence-corrected chi connectivity index (χ3v) is 2.92. The van der Waals surface area contributed by atoms with Crippen LogP contribution in [0.3, 0.4) is 0 Å². The second kappa shape index (κ2) is 6.66. The maximum absolute atomic E-state index is 12.0. The van der Waals surface area contributed by atoms with Gasteiger partial charge in [0, 0.05) is 11.6 Å². The van der Waals surface area contributed by atoms with Crippen LogP contribution >= 0.6 is 11.6 Å². The molecule has 0 aliphatic rings. The second-order valence-corrected chi connectivity index (χ2v) is 4.91. The van der Waals surface area contributed by atoms with Crippen molar-refractivity contribution in [3.8, 4) is 5.69 Å². The molecule has 0 fully saturated rings. The van der Waals surface area contributed by atoms with Crippen LogP contribution < -0.4 is 5.32 Å². The van der Waals surface area contributed by atoms with Gasteiger partial charge in [-0.25, -0.2) is 0 Å². The number of carbonyl (C=O) groups excluding carboxylic acids is 1. The summed E-state index contributed by atoms with van der Waals surface area (Å²) in [6.45, 7) is 1.24. The number of nitrogens with one attached hydrogen (secondary N) is 1. The standard InChI is InChI=1S/C13H15ClN4O3/c1-8(20)6-15-13(21)12-11(7-19)16-18(17-12)10-4-2-9(14)3-5-10/h2-5,8,19-20H,6-7H2,1H3,(H,15,21)/t8-/m0/s1. The van der Waals surface area contributed by atoms with Crippen LogP contribution in [0.25, 0.3) is 5.69 Å². The number of amides is 1. The molecule has 2 rings (SSSR count). The van der Waals surface area contributed by atoms with Gasteiger partial charge in [-0.3, -0.25) is 4.79 Å². The maximum Gasteiger partial charge on any atom is 0.273 e. The van der Waals surface area contributed by atoms with E-state index in [0.29, 0.717) is 10.7 Å². The molecule has 1 aromatic heterocycles. The number of halogens is 1. The molecule has 1 aromatic carbocycles. The number of aliphatic hydroxyl groups excluding tert-OH is 2. The van der Waals surface area contributed by atoms with Crippen LogP contribution in [0.2, 0.25) is 5.02 Å². The van der Waals surface area contributed by atoms with Crippen LogP contribution in [-0.2, 0) is 6.61 Å². The minimum atomic E-state index is -0.669. The van der Waals surface area contributed by atoms with Gasteiger partial charge in [-0.2, -0.15) is 4.80 Å². The number of nitrogens with zero attached hydrogens (tertiary/aromatic N) is 3. The molecule has 21 heavy (non-hydrogen) atoms. The van der Waals surface area contributed by atoms with E-state index in [-0.39, 0.29) is 17.9 Å². The first-order valence-electron chi connectivity index (χ1n) is 6.30. The SMILES string of the molecule is C[C@H](O)CNC(=O)c1nn(-c2ccc(Cl)cc2)nc1CO. The molecule has 2 aromatic rings. The smallest absolute Gasteiger partial charge is 0.273 e. The first-order chi connectivity index (χ1) is 10.0. The topological polar surface area (TPSA) is 100 Å². The van der Waals surface area contributed by atoms with E-state index >= 15 is 0 Å². The Balaban J connectivity index is 2.26. The quantitative estimate of drug-likeness (QED) is 0.747. The van der Waals surface area contributed by atoms with Crippen LogP contribution in [0.5, 0.6) is 0 Å². The lowest BCUT2D eigenvalue weighted by Gasteiger charge is -2.05. The van der Waals surface area contributed by atoms with Crippen molar-refractivity contribution >= 4 is 17.5 Å². The minimum absolute atomic E-state index is 0.0214. The van der Waals surface area contributed by atoms with E-state index in [9.17, 15) is 9.90 Å². The molecule has 0 aliphatic heterocycles. The molecule has 1 atom stereocenters. The molecule has 1 heterocycles. The summed E-state index contributed by atoms with van der Waals surface area (Å²) < 4.78 is 0. The lowest BCUT2D eigenvalue weighted by molar-refractivity contribution is 0.0915. The number of benzene rings is 1. The number of rotatable bonds is 5. The summed E-state index contributed by atoms with van der Waals surface area (Å²) >= 11 is 5.81. The van der Waals surface area contributed by atoms with Crippen LogP contribution in [-0.4, -0.2) is 43.8 Å². The van der Waals surface area contributed by atoms with E-state index < -0.39 is 18.6 Å². The lowest BCUT2D eigenvalue weighted by atomic mass is 10.3. The first-order valence-corrected chi connectivity index (χ1v) is 6.68. The van der Waals surface area contributed by atoms with Gasteiger partial charge in [0.2, 0.25) is 0 Å². The van der Waals surface area contributed by atoms with E-state index in [1.165, 1.54) is 4.80 Å². The number of aliphatic hydroxyl groups is 2. The van der Waals surface area contributed by atoms with Crippen LogP contribution in [0.4, 0.5) is 0 Å². The molecule has 112 valence electrons. The molecule has 0 radical (unpaired) electrons. The van der Waals surface area contributed by atoms with Gasteiger partial charge in [0.15, 0.2) is 5.69 Å². The highest BCUT2D eigenvalue weighted by molar-refractivity contribution is 6.30. The van der Waals surface area contributed by atoms with Crippen molar-refractivity contribution in [3.05, 3.63) is 40.7 Å². The van der Waals surface area contributed by atoms with Crippen molar-refractivity contribution < 1.29 is 15.0 Å². The molecule has 0 saturated heterocycles. The van der Waals surface area contributed by atoms with E-state index in [0.717, 1.165) is 0 Å². The molecule has 8 heteroatoms. The van der Waals surface area contributed by atoms with Gasteiger partial charge >= 0.3 is 0 Å². The number of hydrogen-bond acceptors (Lipinski definition) is 5. The zero-order chi connectivity index (χ0) is 15.4. The summed E-state index contributed by atoms with van der Waals surface area (Å²) in [4.78, 5) is 13.2. The molecule has 1 amide bonds. The molecule has 0 aliphatic carbocycles. The molecular formula is C13H15ClN4O3. The van der Waals surface area contributed by atoms with Crippen molar-refractivity contribution in [3.63, 3.8) is 0 Å². The molecule has 0 saturated carbocycles.